The minimum absolute atomic E-state index is 0.00436. The number of carboxylic acid groups (broad SMARTS) is 1. The molecule has 1 saturated heterocycles. The maximum Gasteiger partial charge on any atom is 0.304 e. The molecule has 160 valence electrons. The highest BCUT2D eigenvalue weighted by Crippen LogP contribution is 2.51. The Morgan fingerprint density at radius 1 is 1.20 bits per heavy atom. The van der Waals surface area contributed by atoms with Crippen LogP contribution in [0.2, 0.25) is 10.0 Å². The second kappa shape index (κ2) is 8.56. The monoisotopic (exact) mass is 451 g/mol. The van der Waals surface area contributed by atoms with Gasteiger partial charge in [-0.25, -0.2) is 4.39 Å². The molecule has 1 N–H and O–H groups in total. The summed E-state index contributed by atoms with van der Waals surface area (Å²) in [6, 6.07) is 11.3. The molecule has 1 fully saturated rings. The smallest absolute Gasteiger partial charge is 0.304 e. The van der Waals surface area contributed by atoms with E-state index in [1.54, 1.807) is 36.1 Å². The van der Waals surface area contributed by atoms with Gasteiger partial charge in [0.15, 0.2) is 0 Å². The van der Waals surface area contributed by atoms with Crippen molar-refractivity contribution in [2.75, 3.05) is 0 Å². The minimum atomic E-state index is -1.09. The van der Waals surface area contributed by atoms with Crippen molar-refractivity contribution in [3.05, 3.63) is 69.5 Å². The number of hydrogen-bond donors (Lipinski definition) is 1. The van der Waals surface area contributed by atoms with Gasteiger partial charge in [-0.05, 0) is 55.7 Å². The fourth-order valence-electron chi connectivity index (χ4n) is 4.45. The summed E-state index contributed by atoms with van der Waals surface area (Å²) in [6.07, 6.45) is 0.0183. The topological polar surface area (TPSA) is 57.6 Å². The zero-order chi connectivity index (χ0) is 22.2. The molecule has 0 aromatic heterocycles. The standard InChI is InChI=1S/C23H24Cl2FNO3/c1-13(2)27-21(14-4-7-16(24)8-5-14)17(15-6-9-19(26)18(25)10-15)11-23(3,22(27)30)12-20(28)29/h4-10,13,17,21H,11-12H2,1-3H3,(H,28,29)/t17-,21-,23+/m1/s1. The normalized spacial score (nSPS) is 24.4. The van der Waals surface area contributed by atoms with E-state index in [2.05, 4.69) is 0 Å². The molecule has 3 rings (SSSR count). The largest absolute Gasteiger partial charge is 0.481 e. The van der Waals surface area contributed by atoms with Crippen molar-refractivity contribution in [1.29, 1.82) is 0 Å². The molecule has 0 radical (unpaired) electrons. The number of benzene rings is 2. The Balaban J connectivity index is 2.20. The molecule has 2 aromatic carbocycles. The molecule has 7 heteroatoms. The lowest BCUT2D eigenvalue weighted by molar-refractivity contribution is -0.159. The summed E-state index contributed by atoms with van der Waals surface area (Å²) in [6.45, 7) is 5.50. The Labute approximate surface area is 185 Å². The van der Waals surface area contributed by atoms with Crippen LogP contribution in [0.5, 0.6) is 0 Å². The van der Waals surface area contributed by atoms with Crippen molar-refractivity contribution < 1.29 is 19.1 Å². The number of amides is 1. The van der Waals surface area contributed by atoms with Crippen LogP contribution < -0.4 is 0 Å². The molecule has 0 aliphatic carbocycles. The van der Waals surface area contributed by atoms with Crippen molar-refractivity contribution in [3.63, 3.8) is 0 Å². The van der Waals surface area contributed by atoms with Gasteiger partial charge >= 0.3 is 5.97 Å². The average molecular weight is 452 g/mol. The fourth-order valence-corrected chi connectivity index (χ4v) is 4.76. The van der Waals surface area contributed by atoms with Gasteiger partial charge in [-0.2, -0.15) is 0 Å². The fraction of sp³-hybridized carbons (Fsp3) is 0.391. The van der Waals surface area contributed by atoms with Gasteiger partial charge in [-0.1, -0.05) is 48.3 Å². The number of hydrogen-bond acceptors (Lipinski definition) is 2. The summed E-state index contributed by atoms with van der Waals surface area (Å²) in [7, 11) is 0. The molecule has 1 aliphatic rings. The van der Waals surface area contributed by atoms with Gasteiger partial charge in [0.25, 0.3) is 0 Å². The number of likely N-dealkylation sites (tertiary alicyclic amines) is 1. The predicted octanol–water partition coefficient (Wildman–Crippen LogP) is 6.08. The molecule has 2 aromatic rings. The molecular weight excluding hydrogens is 428 g/mol. The summed E-state index contributed by atoms with van der Waals surface area (Å²) in [5.74, 6) is -2.03. The lowest BCUT2D eigenvalue weighted by Crippen LogP contribution is -2.54. The zero-order valence-corrected chi connectivity index (χ0v) is 18.5. The Kier molecular flexibility index (Phi) is 6.44. The van der Waals surface area contributed by atoms with E-state index < -0.39 is 17.2 Å². The van der Waals surface area contributed by atoms with Crippen LogP contribution >= 0.6 is 23.2 Å². The molecule has 0 bridgehead atoms. The van der Waals surface area contributed by atoms with Gasteiger partial charge < -0.3 is 10.0 Å². The highest BCUT2D eigenvalue weighted by molar-refractivity contribution is 6.31. The maximum atomic E-state index is 13.8. The van der Waals surface area contributed by atoms with Crippen molar-refractivity contribution in [1.82, 2.24) is 4.90 Å². The number of rotatable bonds is 5. The number of halogens is 3. The highest BCUT2D eigenvalue weighted by Gasteiger charge is 2.51. The molecule has 3 atom stereocenters. The van der Waals surface area contributed by atoms with Crippen LogP contribution in [0.4, 0.5) is 4.39 Å². The van der Waals surface area contributed by atoms with Crippen LogP contribution in [-0.4, -0.2) is 27.9 Å². The van der Waals surface area contributed by atoms with E-state index in [9.17, 15) is 19.1 Å². The van der Waals surface area contributed by atoms with Gasteiger partial charge in [0.05, 0.1) is 22.9 Å². The van der Waals surface area contributed by atoms with E-state index in [0.717, 1.165) is 11.1 Å². The van der Waals surface area contributed by atoms with Crippen LogP contribution in [0.1, 0.15) is 56.7 Å². The first-order valence-corrected chi connectivity index (χ1v) is 10.5. The number of carbonyl (C=O) groups is 2. The minimum Gasteiger partial charge on any atom is -0.481 e. The summed E-state index contributed by atoms with van der Waals surface area (Å²) >= 11 is 12.1. The van der Waals surface area contributed by atoms with E-state index in [-0.39, 0.29) is 35.4 Å². The van der Waals surface area contributed by atoms with Crippen molar-refractivity contribution in [2.45, 2.75) is 51.6 Å². The first-order chi connectivity index (χ1) is 14.0. The van der Waals surface area contributed by atoms with Gasteiger partial charge in [0, 0.05) is 17.0 Å². The molecule has 0 spiro atoms. The summed E-state index contributed by atoms with van der Waals surface area (Å²) < 4.78 is 13.8. The Hall–Kier alpha value is -2.11. The third kappa shape index (κ3) is 4.33. The van der Waals surface area contributed by atoms with Crippen LogP contribution in [0, 0.1) is 11.2 Å². The van der Waals surface area contributed by atoms with Crippen LogP contribution in [-0.2, 0) is 9.59 Å². The van der Waals surface area contributed by atoms with Gasteiger partial charge in [0.2, 0.25) is 5.91 Å². The highest BCUT2D eigenvalue weighted by atomic mass is 35.5. The van der Waals surface area contributed by atoms with Crippen LogP contribution in [0.25, 0.3) is 0 Å². The molecule has 1 aliphatic heterocycles. The number of carbonyl (C=O) groups excluding carboxylic acids is 1. The van der Waals surface area contributed by atoms with Crippen molar-refractivity contribution in [3.8, 4) is 0 Å². The van der Waals surface area contributed by atoms with E-state index in [4.69, 9.17) is 23.2 Å². The third-order valence-corrected chi connectivity index (χ3v) is 6.32. The van der Waals surface area contributed by atoms with Crippen LogP contribution in [0.3, 0.4) is 0 Å². The lowest BCUT2D eigenvalue weighted by atomic mass is 9.67. The van der Waals surface area contributed by atoms with Gasteiger partial charge in [-0.15, -0.1) is 0 Å². The molecule has 30 heavy (non-hydrogen) atoms. The predicted molar refractivity (Wildman–Crippen MR) is 115 cm³/mol. The Morgan fingerprint density at radius 3 is 2.33 bits per heavy atom. The molecule has 4 nitrogen and oxygen atoms in total. The maximum absolute atomic E-state index is 13.8. The lowest BCUT2D eigenvalue weighted by Gasteiger charge is -2.50. The quantitative estimate of drug-likeness (QED) is 0.598. The summed E-state index contributed by atoms with van der Waals surface area (Å²) in [4.78, 5) is 26.8. The van der Waals surface area contributed by atoms with E-state index in [1.165, 1.54) is 6.07 Å². The number of piperidine rings is 1. The number of aliphatic carboxylic acids is 1. The second-order valence-corrected chi connectivity index (χ2v) is 9.26. The van der Waals surface area contributed by atoms with Crippen molar-refractivity contribution in [2.24, 2.45) is 5.41 Å². The first-order valence-electron chi connectivity index (χ1n) is 9.78. The van der Waals surface area contributed by atoms with E-state index in [1.807, 2.05) is 26.0 Å². The van der Waals surface area contributed by atoms with Crippen LogP contribution in [0.15, 0.2) is 42.5 Å². The molecule has 0 saturated carbocycles. The first kappa shape index (κ1) is 22.6. The Bertz CT molecular complexity index is 963. The van der Waals surface area contributed by atoms with E-state index >= 15 is 0 Å². The second-order valence-electron chi connectivity index (χ2n) is 8.42. The van der Waals surface area contributed by atoms with E-state index in [0.29, 0.717) is 11.4 Å². The summed E-state index contributed by atoms with van der Waals surface area (Å²) in [5.41, 5.74) is 0.547. The zero-order valence-electron chi connectivity index (χ0n) is 17.0. The molecule has 1 heterocycles. The Morgan fingerprint density at radius 2 is 1.80 bits per heavy atom. The SMILES string of the molecule is CC(C)N1C(=O)[C@](C)(CC(=O)O)C[C@H](c2ccc(F)c(Cl)c2)[C@H]1c1ccc(Cl)cc1. The number of carboxylic acids is 1. The van der Waals surface area contributed by atoms with Gasteiger partial charge in [0.1, 0.15) is 5.82 Å². The van der Waals surface area contributed by atoms with Gasteiger partial charge in [-0.3, -0.25) is 9.59 Å². The average Bonchev–Trinajstić information content (AvgIpc) is 2.65. The molecule has 1 amide bonds. The summed E-state index contributed by atoms with van der Waals surface area (Å²) in [5, 5.41) is 10.0. The third-order valence-electron chi connectivity index (χ3n) is 5.78. The molecule has 0 unspecified atom stereocenters. The van der Waals surface area contributed by atoms with Crippen molar-refractivity contribution >= 4 is 35.1 Å². The molecular formula is C23H24Cl2FNO3. The number of nitrogens with zero attached hydrogens (tertiary/aromatic N) is 1.